The molecular formula is C22H25NO. The molecule has 1 fully saturated rings. The zero-order valence-corrected chi connectivity index (χ0v) is 14.4. The van der Waals surface area contributed by atoms with Gasteiger partial charge in [0.1, 0.15) is 0 Å². The van der Waals surface area contributed by atoms with Crippen LogP contribution < -0.4 is 0 Å². The summed E-state index contributed by atoms with van der Waals surface area (Å²) in [5.41, 5.74) is 4.53. The molecule has 124 valence electrons. The Morgan fingerprint density at radius 1 is 0.917 bits per heavy atom. The largest absolute Gasteiger partial charge is 0.378 e. The Labute approximate surface area is 145 Å². The molecule has 1 aliphatic rings. The lowest BCUT2D eigenvalue weighted by Gasteiger charge is -2.29. The van der Waals surface area contributed by atoms with Gasteiger partial charge in [-0.05, 0) is 66.8 Å². The van der Waals surface area contributed by atoms with E-state index in [1.54, 1.807) is 0 Å². The van der Waals surface area contributed by atoms with E-state index in [4.69, 9.17) is 10.00 Å². The van der Waals surface area contributed by atoms with E-state index in [2.05, 4.69) is 37.3 Å². The van der Waals surface area contributed by atoms with Crippen molar-refractivity contribution in [3.8, 4) is 17.2 Å². The summed E-state index contributed by atoms with van der Waals surface area (Å²) in [6, 6.07) is 18.9. The van der Waals surface area contributed by atoms with Crippen LogP contribution in [0.15, 0.2) is 48.5 Å². The highest BCUT2D eigenvalue weighted by atomic mass is 16.5. The minimum absolute atomic E-state index is 0.471. The maximum atomic E-state index is 8.89. The molecule has 3 rings (SSSR count). The van der Waals surface area contributed by atoms with Crippen LogP contribution in [0.3, 0.4) is 0 Å². The fourth-order valence-corrected chi connectivity index (χ4v) is 3.53. The van der Waals surface area contributed by atoms with Crippen molar-refractivity contribution in [3.63, 3.8) is 0 Å². The van der Waals surface area contributed by atoms with Crippen molar-refractivity contribution < 1.29 is 4.74 Å². The molecule has 2 nitrogen and oxygen atoms in total. The number of nitriles is 1. The molecule has 0 saturated heterocycles. The number of hydrogen-bond acceptors (Lipinski definition) is 2. The third kappa shape index (κ3) is 4.04. The van der Waals surface area contributed by atoms with Crippen molar-refractivity contribution in [1.29, 1.82) is 5.26 Å². The van der Waals surface area contributed by atoms with Gasteiger partial charge in [-0.3, -0.25) is 0 Å². The average molecular weight is 319 g/mol. The van der Waals surface area contributed by atoms with E-state index in [0.29, 0.717) is 17.6 Å². The molecule has 24 heavy (non-hydrogen) atoms. The first-order valence-electron chi connectivity index (χ1n) is 9.02. The Hall–Kier alpha value is -2.11. The molecule has 0 unspecified atom stereocenters. The lowest BCUT2D eigenvalue weighted by Crippen LogP contribution is -2.21. The zero-order chi connectivity index (χ0) is 16.8. The van der Waals surface area contributed by atoms with Crippen LogP contribution in [0.25, 0.3) is 11.1 Å². The molecule has 0 radical (unpaired) electrons. The molecule has 0 amide bonds. The number of rotatable bonds is 5. The number of hydrogen-bond donors (Lipinski definition) is 0. The maximum Gasteiger partial charge on any atom is 0.0991 e. The van der Waals surface area contributed by atoms with Gasteiger partial charge in [0.15, 0.2) is 0 Å². The average Bonchev–Trinajstić information content (AvgIpc) is 2.67. The highest BCUT2D eigenvalue weighted by molar-refractivity contribution is 5.64. The van der Waals surface area contributed by atoms with E-state index in [1.165, 1.54) is 36.8 Å². The van der Waals surface area contributed by atoms with E-state index >= 15 is 0 Å². The molecule has 0 heterocycles. The van der Waals surface area contributed by atoms with E-state index < -0.39 is 0 Å². The van der Waals surface area contributed by atoms with Crippen LogP contribution in [0, 0.1) is 11.3 Å². The first-order chi connectivity index (χ1) is 11.8. The van der Waals surface area contributed by atoms with Crippen molar-refractivity contribution in [2.75, 3.05) is 6.61 Å². The van der Waals surface area contributed by atoms with Crippen LogP contribution >= 0.6 is 0 Å². The van der Waals surface area contributed by atoms with Gasteiger partial charge in [-0.1, -0.05) is 43.3 Å². The highest BCUT2D eigenvalue weighted by Gasteiger charge is 2.22. The quantitative estimate of drug-likeness (QED) is 0.710. The first-order valence-corrected chi connectivity index (χ1v) is 9.02. The third-order valence-corrected chi connectivity index (χ3v) is 4.96. The standard InChI is InChI=1S/C22H25NO/c1-2-15-24-22-13-11-21(12-14-22)20-9-7-19(8-10-20)18-5-3-17(16-23)4-6-18/h3-10,21-22H,2,11-15H2,1H3/t21-,22-. The Bertz CT molecular complexity index is 673. The van der Waals surface area contributed by atoms with Crippen molar-refractivity contribution in [2.45, 2.75) is 51.0 Å². The molecule has 0 spiro atoms. The van der Waals surface area contributed by atoms with Crippen LogP contribution in [0.4, 0.5) is 0 Å². The lowest BCUT2D eigenvalue weighted by atomic mass is 9.82. The van der Waals surface area contributed by atoms with Crippen molar-refractivity contribution in [1.82, 2.24) is 0 Å². The summed E-state index contributed by atoms with van der Waals surface area (Å²) in [7, 11) is 0. The summed E-state index contributed by atoms with van der Waals surface area (Å²) < 4.78 is 5.89. The van der Waals surface area contributed by atoms with E-state index in [9.17, 15) is 0 Å². The van der Waals surface area contributed by atoms with Gasteiger partial charge in [0.25, 0.3) is 0 Å². The second-order valence-corrected chi connectivity index (χ2v) is 6.66. The van der Waals surface area contributed by atoms with E-state index in [0.717, 1.165) is 18.6 Å². The number of benzene rings is 2. The molecule has 0 N–H and O–H groups in total. The fourth-order valence-electron chi connectivity index (χ4n) is 3.53. The molecule has 2 heteroatoms. The van der Waals surface area contributed by atoms with E-state index in [-0.39, 0.29) is 0 Å². The van der Waals surface area contributed by atoms with Gasteiger partial charge in [0.2, 0.25) is 0 Å². The van der Waals surface area contributed by atoms with Gasteiger partial charge >= 0.3 is 0 Å². The van der Waals surface area contributed by atoms with Crippen molar-refractivity contribution >= 4 is 0 Å². The van der Waals surface area contributed by atoms with Gasteiger partial charge in [-0.2, -0.15) is 5.26 Å². The zero-order valence-electron chi connectivity index (χ0n) is 14.4. The smallest absolute Gasteiger partial charge is 0.0991 e. The fraction of sp³-hybridized carbons (Fsp3) is 0.409. The Morgan fingerprint density at radius 2 is 1.50 bits per heavy atom. The lowest BCUT2D eigenvalue weighted by molar-refractivity contribution is 0.0251. The summed E-state index contributed by atoms with van der Waals surface area (Å²) in [4.78, 5) is 0. The van der Waals surface area contributed by atoms with Crippen LogP contribution in [0.5, 0.6) is 0 Å². The monoisotopic (exact) mass is 319 g/mol. The highest BCUT2D eigenvalue weighted by Crippen LogP contribution is 2.35. The van der Waals surface area contributed by atoms with Crippen molar-refractivity contribution in [2.24, 2.45) is 0 Å². The van der Waals surface area contributed by atoms with Gasteiger partial charge in [0, 0.05) is 6.61 Å². The van der Waals surface area contributed by atoms with Gasteiger partial charge < -0.3 is 4.74 Å². The Kier molecular flexibility index (Phi) is 5.67. The SMILES string of the molecule is CCCO[C@H]1CC[C@H](c2ccc(-c3ccc(C#N)cc3)cc2)CC1. The molecule has 0 atom stereocenters. The van der Waals surface area contributed by atoms with Gasteiger partial charge in [-0.15, -0.1) is 0 Å². The maximum absolute atomic E-state index is 8.89. The first kappa shape index (κ1) is 16.7. The van der Waals surface area contributed by atoms with Crippen LogP contribution in [-0.2, 0) is 4.74 Å². The topological polar surface area (TPSA) is 33.0 Å². The second kappa shape index (κ2) is 8.13. The molecule has 1 aliphatic carbocycles. The molecule has 0 bridgehead atoms. The molecule has 2 aromatic rings. The minimum atomic E-state index is 0.471. The minimum Gasteiger partial charge on any atom is -0.378 e. The molecule has 0 aliphatic heterocycles. The predicted octanol–water partition coefficient (Wildman–Crippen LogP) is 5.68. The van der Waals surface area contributed by atoms with Crippen molar-refractivity contribution in [3.05, 3.63) is 59.7 Å². The number of nitrogens with zero attached hydrogens (tertiary/aromatic N) is 1. The summed E-state index contributed by atoms with van der Waals surface area (Å²) in [6.45, 7) is 3.07. The molecule has 0 aromatic heterocycles. The van der Waals surface area contributed by atoms with Crippen LogP contribution in [-0.4, -0.2) is 12.7 Å². The summed E-state index contributed by atoms with van der Waals surface area (Å²) in [5.74, 6) is 0.668. The van der Waals surface area contributed by atoms with Crippen LogP contribution in [0.2, 0.25) is 0 Å². The third-order valence-electron chi connectivity index (χ3n) is 4.96. The van der Waals surface area contributed by atoms with Gasteiger partial charge in [-0.25, -0.2) is 0 Å². The number of ether oxygens (including phenoxy) is 1. The van der Waals surface area contributed by atoms with Gasteiger partial charge in [0.05, 0.1) is 17.7 Å². The summed E-state index contributed by atoms with van der Waals surface area (Å²) in [6.07, 6.45) is 6.40. The van der Waals surface area contributed by atoms with Crippen LogP contribution in [0.1, 0.15) is 56.1 Å². The summed E-state index contributed by atoms with van der Waals surface area (Å²) >= 11 is 0. The molecular weight excluding hydrogens is 294 g/mol. The van der Waals surface area contributed by atoms with E-state index in [1.807, 2.05) is 24.3 Å². The normalized spacial score (nSPS) is 20.5. The molecule has 1 saturated carbocycles. The molecule has 2 aromatic carbocycles. The Morgan fingerprint density at radius 3 is 2.04 bits per heavy atom. The predicted molar refractivity (Wildman–Crippen MR) is 97.8 cm³/mol. The second-order valence-electron chi connectivity index (χ2n) is 6.66. The Balaban J connectivity index is 1.61. The summed E-state index contributed by atoms with van der Waals surface area (Å²) in [5, 5.41) is 8.89.